The normalized spacial score (nSPS) is 29.3. The van der Waals surface area contributed by atoms with Crippen molar-refractivity contribution in [2.75, 3.05) is 32.8 Å². The second kappa shape index (κ2) is 7.07. The fraction of sp³-hybridized carbons (Fsp3) is 0.923. The fourth-order valence-electron chi connectivity index (χ4n) is 2.68. The van der Waals surface area contributed by atoms with E-state index in [-0.39, 0.29) is 18.1 Å². The van der Waals surface area contributed by atoms with Crippen LogP contribution in [0.3, 0.4) is 0 Å². The van der Waals surface area contributed by atoms with E-state index in [0.29, 0.717) is 39.3 Å². The Morgan fingerprint density at radius 3 is 2.72 bits per heavy atom. The smallest absolute Gasteiger partial charge is 0.224 e. The minimum Gasteiger partial charge on any atom is -0.392 e. The van der Waals surface area contributed by atoms with Gasteiger partial charge in [0.25, 0.3) is 0 Å². The maximum absolute atomic E-state index is 11.9. The molecular weight excluding hydrogens is 232 g/mol. The Kier molecular flexibility index (Phi) is 5.41. The molecule has 1 aliphatic heterocycles. The van der Waals surface area contributed by atoms with Crippen molar-refractivity contribution in [3.63, 3.8) is 0 Å². The highest BCUT2D eigenvalue weighted by Gasteiger charge is 2.23. The number of rotatable bonds is 4. The van der Waals surface area contributed by atoms with Gasteiger partial charge in [0.15, 0.2) is 0 Å². The molecule has 104 valence electrons. The van der Waals surface area contributed by atoms with E-state index < -0.39 is 0 Å². The molecule has 1 heterocycles. The van der Waals surface area contributed by atoms with Crippen LogP contribution < -0.4 is 5.32 Å². The quantitative estimate of drug-likeness (QED) is 0.750. The van der Waals surface area contributed by atoms with Gasteiger partial charge < -0.3 is 20.1 Å². The molecule has 2 atom stereocenters. The summed E-state index contributed by atoms with van der Waals surface area (Å²) in [5.41, 5.74) is 0. The summed E-state index contributed by atoms with van der Waals surface area (Å²) in [5.74, 6) is 0.191. The molecule has 2 fully saturated rings. The van der Waals surface area contributed by atoms with Crippen molar-refractivity contribution in [3.8, 4) is 0 Å². The van der Waals surface area contributed by atoms with Crippen molar-refractivity contribution >= 4 is 5.91 Å². The summed E-state index contributed by atoms with van der Waals surface area (Å²) in [5, 5.41) is 13.1. The van der Waals surface area contributed by atoms with Crippen LogP contribution in [0.1, 0.15) is 32.1 Å². The molecule has 0 aromatic rings. The lowest BCUT2D eigenvalue weighted by Gasteiger charge is -2.29. The Labute approximate surface area is 108 Å². The van der Waals surface area contributed by atoms with E-state index in [1.54, 1.807) is 0 Å². The van der Waals surface area contributed by atoms with Crippen LogP contribution in [-0.2, 0) is 9.53 Å². The third kappa shape index (κ3) is 3.93. The zero-order valence-electron chi connectivity index (χ0n) is 10.9. The monoisotopic (exact) mass is 256 g/mol. The van der Waals surface area contributed by atoms with E-state index in [0.717, 1.165) is 19.3 Å². The lowest BCUT2D eigenvalue weighted by atomic mass is 9.92. The Hall–Kier alpha value is -0.650. The molecule has 2 N–H and O–H groups in total. The zero-order valence-corrected chi connectivity index (χ0v) is 10.9. The topological polar surface area (TPSA) is 61.8 Å². The SMILES string of the molecule is O=C(CCN[C@@H]1CCCC[C@H]1O)N1CCOCC1. The number of amides is 1. The Balaban J connectivity index is 1.63. The molecule has 0 aromatic heterocycles. The van der Waals surface area contributed by atoms with Crippen LogP contribution in [-0.4, -0.2) is 60.9 Å². The van der Waals surface area contributed by atoms with Gasteiger partial charge in [-0.1, -0.05) is 12.8 Å². The maximum atomic E-state index is 11.9. The third-order valence-corrected chi connectivity index (χ3v) is 3.84. The molecule has 1 saturated carbocycles. The number of nitrogens with one attached hydrogen (secondary N) is 1. The number of hydrogen-bond acceptors (Lipinski definition) is 4. The third-order valence-electron chi connectivity index (χ3n) is 3.84. The number of hydrogen-bond donors (Lipinski definition) is 2. The Bertz CT molecular complexity index is 267. The average Bonchev–Trinajstić information content (AvgIpc) is 2.42. The molecule has 0 radical (unpaired) electrons. The van der Waals surface area contributed by atoms with Crippen LogP contribution in [0.15, 0.2) is 0 Å². The molecule has 1 amide bonds. The van der Waals surface area contributed by atoms with Gasteiger partial charge in [0, 0.05) is 32.1 Å². The van der Waals surface area contributed by atoms with E-state index in [1.807, 2.05) is 4.90 Å². The number of aliphatic hydroxyl groups is 1. The summed E-state index contributed by atoms with van der Waals surface area (Å²) < 4.78 is 5.22. The van der Waals surface area contributed by atoms with Crippen molar-refractivity contribution in [3.05, 3.63) is 0 Å². The maximum Gasteiger partial charge on any atom is 0.224 e. The lowest BCUT2D eigenvalue weighted by Crippen LogP contribution is -2.45. The fourth-order valence-corrected chi connectivity index (χ4v) is 2.68. The number of carbonyl (C=O) groups is 1. The van der Waals surface area contributed by atoms with Crippen LogP contribution >= 0.6 is 0 Å². The first-order valence-corrected chi connectivity index (χ1v) is 7.04. The van der Waals surface area contributed by atoms with Crippen molar-refractivity contribution in [2.24, 2.45) is 0 Å². The molecule has 5 heteroatoms. The second-order valence-electron chi connectivity index (χ2n) is 5.16. The summed E-state index contributed by atoms with van der Waals surface area (Å²) in [6.07, 6.45) is 4.47. The number of carbonyl (C=O) groups excluding carboxylic acids is 1. The van der Waals surface area contributed by atoms with E-state index in [9.17, 15) is 9.90 Å². The Morgan fingerprint density at radius 2 is 2.00 bits per heavy atom. The van der Waals surface area contributed by atoms with Gasteiger partial charge in [0.1, 0.15) is 0 Å². The second-order valence-corrected chi connectivity index (χ2v) is 5.16. The lowest BCUT2D eigenvalue weighted by molar-refractivity contribution is -0.135. The van der Waals surface area contributed by atoms with E-state index >= 15 is 0 Å². The first kappa shape index (κ1) is 13.8. The van der Waals surface area contributed by atoms with Crippen molar-refractivity contribution in [2.45, 2.75) is 44.2 Å². The highest BCUT2D eigenvalue weighted by molar-refractivity contribution is 5.76. The van der Waals surface area contributed by atoms with Gasteiger partial charge in [-0.2, -0.15) is 0 Å². The largest absolute Gasteiger partial charge is 0.392 e. The minimum absolute atomic E-state index is 0.177. The van der Waals surface area contributed by atoms with Crippen LogP contribution in [0.4, 0.5) is 0 Å². The zero-order chi connectivity index (χ0) is 12.8. The summed E-state index contributed by atoms with van der Waals surface area (Å²) in [4.78, 5) is 13.8. The highest BCUT2D eigenvalue weighted by atomic mass is 16.5. The predicted molar refractivity (Wildman–Crippen MR) is 68.3 cm³/mol. The molecule has 2 aliphatic rings. The molecule has 0 unspecified atom stereocenters. The number of aliphatic hydroxyl groups excluding tert-OH is 1. The van der Waals surface area contributed by atoms with Crippen molar-refractivity contribution in [1.29, 1.82) is 0 Å². The Morgan fingerprint density at radius 1 is 1.28 bits per heavy atom. The standard InChI is InChI=1S/C13H24N2O3/c16-12-4-2-1-3-11(12)14-6-5-13(17)15-7-9-18-10-8-15/h11-12,14,16H,1-10H2/t11-,12-/m1/s1. The molecule has 5 nitrogen and oxygen atoms in total. The van der Waals surface area contributed by atoms with Gasteiger partial charge in [-0.25, -0.2) is 0 Å². The van der Waals surface area contributed by atoms with Crippen molar-refractivity contribution < 1.29 is 14.6 Å². The van der Waals surface area contributed by atoms with Gasteiger partial charge in [-0.05, 0) is 12.8 Å². The summed E-state index contributed by atoms with van der Waals surface area (Å²) in [6.45, 7) is 3.40. The molecule has 2 rings (SSSR count). The van der Waals surface area contributed by atoms with Gasteiger partial charge in [-0.3, -0.25) is 4.79 Å². The highest BCUT2D eigenvalue weighted by Crippen LogP contribution is 2.18. The summed E-state index contributed by atoms with van der Waals surface area (Å²) >= 11 is 0. The van der Waals surface area contributed by atoms with Crippen LogP contribution in [0.25, 0.3) is 0 Å². The van der Waals surface area contributed by atoms with Gasteiger partial charge in [0.2, 0.25) is 5.91 Å². The molecule has 1 aliphatic carbocycles. The first-order valence-electron chi connectivity index (χ1n) is 7.04. The first-order chi connectivity index (χ1) is 8.77. The number of morpholine rings is 1. The molecular formula is C13H24N2O3. The van der Waals surface area contributed by atoms with Gasteiger partial charge >= 0.3 is 0 Å². The molecule has 18 heavy (non-hydrogen) atoms. The van der Waals surface area contributed by atoms with Crippen LogP contribution in [0.5, 0.6) is 0 Å². The van der Waals surface area contributed by atoms with E-state index in [1.165, 1.54) is 6.42 Å². The van der Waals surface area contributed by atoms with Gasteiger partial charge in [-0.15, -0.1) is 0 Å². The number of ether oxygens (including phenoxy) is 1. The van der Waals surface area contributed by atoms with E-state index in [4.69, 9.17) is 4.74 Å². The van der Waals surface area contributed by atoms with Gasteiger partial charge in [0.05, 0.1) is 19.3 Å². The number of nitrogens with zero attached hydrogens (tertiary/aromatic N) is 1. The minimum atomic E-state index is -0.239. The van der Waals surface area contributed by atoms with Crippen LogP contribution in [0, 0.1) is 0 Å². The predicted octanol–water partition coefficient (Wildman–Crippen LogP) is 0.128. The van der Waals surface area contributed by atoms with Crippen LogP contribution in [0.2, 0.25) is 0 Å². The molecule has 0 aromatic carbocycles. The average molecular weight is 256 g/mol. The van der Waals surface area contributed by atoms with E-state index in [2.05, 4.69) is 5.32 Å². The van der Waals surface area contributed by atoms with Crippen molar-refractivity contribution in [1.82, 2.24) is 10.2 Å². The molecule has 1 saturated heterocycles. The molecule has 0 spiro atoms. The summed E-state index contributed by atoms with van der Waals surface area (Å²) in [7, 11) is 0. The molecule has 0 bridgehead atoms. The summed E-state index contributed by atoms with van der Waals surface area (Å²) in [6, 6.07) is 0.177.